The van der Waals surface area contributed by atoms with Gasteiger partial charge in [-0.2, -0.15) is 0 Å². The molecule has 0 aliphatic heterocycles. The second-order valence-electron chi connectivity index (χ2n) is 15.4. The van der Waals surface area contributed by atoms with E-state index in [-0.39, 0.29) is 51.2 Å². The van der Waals surface area contributed by atoms with E-state index < -0.39 is 15.2 Å². The van der Waals surface area contributed by atoms with E-state index in [0.29, 0.717) is 5.75 Å². The summed E-state index contributed by atoms with van der Waals surface area (Å²) in [4.78, 5) is 0. The summed E-state index contributed by atoms with van der Waals surface area (Å²) in [5.41, 5.74) is 7.90. The first-order chi connectivity index (χ1) is 20.9. The third kappa shape index (κ3) is 13.9. The van der Waals surface area contributed by atoms with Crippen LogP contribution < -0.4 is 0 Å². The first kappa shape index (κ1) is 52.4. The smallest absolute Gasteiger partial charge is 0.285 e. The topological polar surface area (TPSA) is 73.8 Å². The van der Waals surface area contributed by atoms with Crippen molar-refractivity contribution in [3.05, 3.63) is 57.5 Å². The largest absolute Gasteiger partial charge is 0.507 e. The van der Waals surface area contributed by atoms with E-state index in [1.54, 1.807) is 28.0 Å². The second kappa shape index (κ2) is 20.9. The molecule has 0 atom stereocenters. The zero-order chi connectivity index (χ0) is 38.2. The van der Waals surface area contributed by atoms with Crippen LogP contribution in [0.1, 0.15) is 87.3 Å². The van der Waals surface area contributed by atoms with Crippen molar-refractivity contribution in [3.63, 3.8) is 0 Å². The molecule has 48 heavy (non-hydrogen) atoms. The van der Waals surface area contributed by atoms with E-state index in [1.807, 2.05) is 103 Å². The molecule has 9 nitrogen and oxygen atoms in total. The first-order valence-corrected chi connectivity index (χ1v) is 19.3. The van der Waals surface area contributed by atoms with Gasteiger partial charge in [-0.25, -0.2) is 28.0 Å². The van der Waals surface area contributed by atoms with Crippen LogP contribution in [0, 0.1) is 46.3 Å². The molecule has 1 radical (unpaired) electrons. The van der Waals surface area contributed by atoms with Crippen LogP contribution >= 0.6 is 15.2 Å². The van der Waals surface area contributed by atoms with E-state index >= 15 is 0 Å². The molecule has 1 aliphatic carbocycles. The van der Waals surface area contributed by atoms with Crippen molar-refractivity contribution in [2.75, 3.05) is 84.6 Å². The Morgan fingerprint density at radius 1 is 0.479 bits per heavy atom. The SMILES string of the molecule is CC(C)(C)c1cccc(C(C)(C)C)c1O.CN(C)P(=O)(N(C)C)N(C)C.CN(C)P(=O)(N(C)C)N(C)C.C[C]1C(C)=C(C)C(C)=C1C.[Sm]. The Morgan fingerprint density at radius 2 is 0.688 bits per heavy atom. The third-order valence-corrected chi connectivity index (χ3v) is 14.8. The summed E-state index contributed by atoms with van der Waals surface area (Å²) >= 11 is 0. The van der Waals surface area contributed by atoms with Crippen molar-refractivity contribution < 1.29 is 54.6 Å². The molecule has 0 spiro atoms. The number of para-hydroxylation sites is 1. The average Bonchev–Trinajstić information content (AvgIpc) is 3.08. The van der Waals surface area contributed by atoms with Crippen LogP contribution in [0.25, 0.3) is 0 Å². The number of phenols is 1. The van der Waals surface area contributed by atoms with Crippen molar-refractivity contribution in [1.29, 1.82) is 0 Å². The van der Waals surface area contributed by atoms with Crippen LogP contribution in [0.5, 0.6) is 5.75 Å². The van der Waals surface area contributed by atoms with E-state index in [4.69, 9.17) is 0 Å². The Kier molecular flexibility index (Phi) is 22.9. The predicted molar refractivity (Wildman–Crippen MR) is 209 cm³/mol. The normalized spacial score (nSPS) is 14.7. The standard InChI is InChI=1S/C14H22O.C10H15.2C6H18N3OP.Sm/c1-13(2,3)10-8-7-9-11(12(10)15)14(4,5)6;1-6-7(2)9(4)10(5)8(6)3;2*1-7(2)11(10,8(3)4)9(5)6;/h7-9,15H,1-6H3;1-5H3;2*1-6H3;. The number of allylic oxidation sites excluding steroid dienone is 4. The van der Waals surface area contributed by atoms with E-state index in [1.165, 1.54) is 28.2 Å². The van der Waals surface area contributed by atoms with Crippen molar-refractivity contribution in [2.45, 2.75) is 87.0 Å². The van der Waals surface area contributed by atoms with Gasteiger partial charge in [0.1, 0.15) is 5.75 Å². The molecule has 281 valence electrons. The number of nitrogens with zero attached hydrogens (tertiary/aromatic N) is 6. The zero-order valence-corrected chi connectivity index (χ0v) is 39.4. The predicted octanol–water partition coefficient (Wildman–Crippen LogP) is 8.81. The summed E-state index contributed by atoms with van der Waals surface area (Å²) in [5.74, 6) is 1.92. The van der Waals surface area contributed by atoms with Gasteiger partial charge < -0.3 is 5.11 Å². The van der Waals surface area contributed by atoms with Gasteiger partial charge in [-0.15, -0.1) is 0 Å². The van der Waals surface area contributed by atoms with Crippen LogP contribution in [-0.4, -0.2) is 118 Å². The van der Waals surface area contributed by atoms with Crippen LogP contribution in [0.2, 0.25) is 0 Å². The van der Waals surface area contributed by atoms with Crippen LogP contribution in [0.4, 0.5) is 0 Å². The van der Waals surface area contributed by atoms with Crippen LogP contribution in [-0.2, 0) is 20.0 Å². The molecule has 1 aliphatic rings. The van der Waals surface area contributed by atoms with Crippen molar-refractivity contribution in [3.8, 4) is 5.75 Å². The van der Waals surface area contributed by atoms with Crippen molar-refractivity contribution >= 4 is 15.2 Å². The quantitative estimate of drug-likeness (QED) is 0.283. The fourth-order valence-electron chi connectivity index (χ4n) is 5.31. The van der Waals surface area contributed by atoms with Gasteiger partial charge in [-0.05, 0) is 145 Å². The van der Waals surface area contributed by atoms with Gasteiger partial charge in [0.15, 0.2) is 0 Å². The average molecular weight is 850 g/mol. The fraction of sp³-hybridized carbons (Fsp3) is 0.694. The van der Waals surface area contributed by atoms with Gasteiger partial charge in [0, 0.05) is 46.3 Å². The number of hydrogen-bond acceptors (Lipinski definition) is 3. The van der Waals surface area contributed by atoms with E-state index in [9.17, 15) is 14.2 Å². The molecular weight excluding hydrogens is 777 g/mol. The monoisotopic (exact) mass is 851 g/mol. The number of aromatic hydroxyl groups is 1. The van der Waals surface area contributed by atoms with Gasteiger partial charge in [-0.3, -0.25) is 9.13 Å². The first-order valence-electron chi connectivity index (χ1n) is 16.1. The molecule has 0 bridgehead atoms. The molecule has 2 rings (SSSR count). The maximum Gasteiger partial charge on any atom is 0.285 e. The maximum atomic E-state index is 12.1. The summed E-state index contributed by atoms with van der Waals surface area (Å²) < 4.78 is 34.6. The minimum atomic E-state index is -2.44. The molecule has 0 saturated heterocycles. The summed E-state index contributed by atoms with van der Waals surface area (Å²) in [6.45, 7) is 23.7. The van der Waals surface area contributed by atoms with Crippen molar-refractivity contribution in [2.24, 2.45) is 0 Å². The Morgan fingerprint density at radius 3 is 0.792 bits per heavy atom. The number of phenolic OH excluding ortho intramolecular Hbond substituents is 1. The molecule has 1 aromatic carbocycles. The minimum absolute atomic E-state index is 0. The summed E-state index contributed by atoms with van der Waals surface area (Å²) in [7, 11) is 17.0. The molecule has 0 unspecified atom stereocenters. The van der Waals surface area contributed by atoms with Gasteiger partial charge >= 0.3 is 0 Å². The molecule has 0 fully saturated rings. The molecule has 0 aromatic heterocycles. The Balaban J connectivity index is -0.000000566. The van der Waals surface area contributed by atoms with Gasteiger partial charge in [0.2, 0.25) is 0 Å². The molecule has 0 heterocycles. The maximum absolute atomic E-state index is 12.1. The van der Waals surface area contributed by atoms with E-state index in [2.05, 4.69) is 76.2 Å². The summed E-state index contributed by atoms with van der Waals surface area (Å²) in [5, 5.41) is 10.3. The molecule has 1 N–H and O–H groups in total. The van der Waals surface area contributed by atoms with E-state index in [0.717, 1.165) is 11.1 Å². The van der Waals surface area contributed by atoms with Crippen LogP contribution in [0.15, 0.2) is 40.5 Å². The second-order valence-corrected chi connectivity index (χ2v) is 22.3. The molecule has 0 amide bonds. The molecule has 12 heteroatoms. The van der Waals surface area contributed by atoms with Gasteiger partial charge in [-0.1, -0.05) is 77.8 Å². The molecular formula is C36H73N6O3P2Sm. The Bertz CT molecular complexity index is 1160. The Labute approximate surface area is 330 Å². The Hall–Kier alpha value is 0.0577. The number of rotatable bonds is 6. The minimum Gasteiger partial charge on any atom is -0.507 e. The molecule has 1 aromatic rings. The third-order valence-electron chi connectivity index (χ3n) is 8.59. The summed E-state index contributed by atoms with van der Waals surface area (Å²) in [6.07, 6.45) is 0. The van der Waals surface area contributed by atoms with Gasteiger partial charge in [0.05, 0.1) is 0 Å². The van der Waals surface area contributed by atoms with Crippen LogP contribution in [0.3, 0.4) is 0 Å². The zero-order valence-electron chi connectivity index (χ0n) is 35.0. The number of benzene rings is 1. The van der Waals surface area contributed by atoms with Gasteiger partial charge in [0.25, 0.3) is 15.2 Å². The molecule has 0 saturated carbocycles. The number of hydrogen-bond donors (Lipinski definition) is 1. The fourth-order valence-corrected chi connectivity index (χ4v) is 9.60. The van der Waals surface area contributed by atoms with Crippen molar-refractivity contribution in [1.82, 2.24) is 28.0 Å². The summed E-state index contributed by atoms with van der Waals surface area (Å²) in [6, 6.07) is 6.04.